The molecule has 2 aromatic carbocycles. The molecule has 0 spiro atoms. The van der Waals surface area contributed by atoms with Crippen LogP contribution in [0.3, 0.4) is 0 Å². The second kappa shape index (κ2) is 5.96. The van der Waals surface area contributed by atoms with Crippen molar-refractivity contribution in [3.8, 4) is 5.75 Å². The third-order valence-electron chi connectivity index (χ3n) is 2.92. The summed E-state index contributed by atoms with van der Waals surface area (Å²) in [5, 5.41) is 2.82. The van der Waals surface area contributed by atoms with Crippen molar-refractivity contribution in [1.29, 1.82) is 0 Å². The fourth-order valence-corrected chi connectivity index (χ4v) is 2.21. The van der Waals surface area contributed by atoms with Gasteiger partial charge in [-0.1, -0.05) is 28.1 Å². The molecule has 0 heterocycles. The number of hydrogen-bond acceptors (Lipinski definition) is 3. The molecule has 104 valence electrons. The Bertz CT molecular complexity index is 656. The number of para-hydroxylation sites is 1. The molecule has 0 saturated heterocycles. The molecule has 0 fully saturated rings. The van der Waals surface area contributed by atoms with E-state index in [1.54, 1.807) is 18.2 Å². The van der Waals surface area contributed by atoms with Crippen molar-refractivity contribution in [3.05, 3.63) is 52.0 Å². The van der Waals surface area contributed by atoms with Crippen LogP contribution in [0.5, 0.6) is 5.75 Å². The molecule has 5 heteroatoms. The Hall–Kier alpha value is -2.01. The normalized spacial score (nSPS) is 10.2. The van der Waals surface area contributed by atoms with Crippen LogP contribution in [-0.4, -0.2) is 13.0 Å². The first-order chi connectivity index (χ1) is 9.52. The van der Waals surface area contributed by atoms with Crippen LogP contribution in [-0.2, 0) is 0 Å². The van der Waals surface area contributed by atoms with E-state index in [2.05, 4.69) is 21.2 Å². The van der Waals surface area contributed by atoms with E-state index in [0.29, 0.717) is 22.7 Å². The molecule has 0 unspecified atom stereocenters. The van der Waals surface area contributed by atoms with Gasteiger partial charge in [0.25, 0.3) is 5.91 Å². The van der Waals surface area contributed by atoms with Crippen molar-refractivity contribution in [3.63, 3.8) is 0 Å². The number of nitrogen functional groups attached to an aromatic ring is 1. The zero-order valence-electron chi connectivity index (χ0n) is 11.2. The Balaban J connectivity index is 2.28. The van der Waals surface area contributed by atoms with Gasteiger partial charge in [0.1, 0.15) is 0 Å². The molecule has 4 nitrogen and oxygen atoms in total. The van der Waals surface area contributed by atoms with Crippen LogP contribution >= 0.6 is 15.9 Å². The maximum Gasteiger partial charge on any atom is 0.259 e. The van der Waals surface area contributed by atoms with Crippen molar-refractivity contribution < 1.29 is 9.53 Å². The number of hydrogen-bond donors (Lipinski definition) is 2. The largest absolute Gasteiger partial charge is 0.494 e. The van der Waals surface area contributed by atoms with E-state index in [-0.39, 0.29) is 5.91 Å². The Morgan fingerprint density at radius 3 is 2.70 bits per heavy atom. The number of nitrogens with two attached hydrogens (primary N) is 1. The lowest BCUT2D eigenvalue weighted by atomic mass is 10.1. The van der Waals surface area contributed by atoms with Crippen molar-refractivity contribution in [2.45, 2.75) is 6.92 Å². The number of halogens is 1. The van der Waals surface area contributed by atoms with Gasteiger partial charge in [-0.15, -0.1) is 0 Å². The van der Waals surface area contributed by atoms with E-state index < -0.39 is 0 Å². The number of amides is 1. The van der Waals surface area contributed by atoms with Gasteiger partial charge in [-0.3, -0.25) is 4.79 Å². The van der Waals surface area contributed by atoms with E-state index in [0.717, 1.165) is 10.0 Å². The van der Waals surface area contributed by atoms with E-state index in [1.807, 2.05) is 25.1 Å². The minimum Gasteiger partial charge on any atom is -0.494 e. The Kier molecular flexibility index (Phi) is 4.29. The number of methoxy groups -OCH3 is 1. The average Bonchev–Trinajstić information content (AvgIpc) is 2.42. The summed E-state index contributed by atoms with van der Waals surface area (Å²) in [7, 11) is 1.49. The summed E-state index contributed by atoms with van der Waals surface area (Å²) in [6, 6.07) is 10.7. The van der Waals surface area contributed by atoms with Crippen LogP contribution in [0.2, 0.25) is 0 Å². The average molecular weight is 335 g/mol. The highest BCUT2D eigenvalue weighted by Crippen LogP contribution is 2.27. The first kappa shape index (κ1) is 14.4. The van der Waals surface area contributed by atoms with Gasteiger partial charge in [-0.05, 0) is 36.8 Å². The predicted molar refractivity (Wildman–Crippen MR) is 84.2 cm³/mol. The lowest BCUT2D eigenvalue weighted by molar-refractivity contribution is 0.102. The molecule has 3 N–H and O–H groups in total. The highest BCUT2D eigenvalue weighted by Gasteiger charge is 2.14. The Labute approximate surface area is 126 Å². The third kappa shape index (κ3) is 2.93. The molecule has 2 rings (SSSR count). The van der Waals surface area contributed by atoms with E-state index in [9.17, 15) is 4.79 Å². The fourth-order valence-electron chi connectivity index (χ4n) is 1.83. The summed E-state index contributed by atoms with van der Waals surface area (Å²) in [4.78, 5) is 12.3. The molecule has 0 aromatic heterocycles. The summed E-state index contributed by atoms with van der Waals surface area (Å²) >= 11 is 3.44. The first-order valence-electron chi connectivity index (χ1n) is 6.03. The molecule has 0 aliphatic carbocycles. The smallest absolute Gasteiger partial charge is 0.259 e. The number of rotatable bonds is 3. The van der Waals surface area contributed by atoms with Crippen LogP contribution in [0.25, 0.3) is 0 Å². The molecular weight excluding hydrogens is 320 g/mol. The van der Waals surface area contributed by atoms with Crippen molar-refractivity contribution >= 4 is 33.2 Å². The highest BCUT2D eigenvalue weighted by atomic mass is 79.9. The third-order valence-corrected chi connectivity index (χ3v) is 3.78. The van der Waals surface area contributed by atoms with Gasteiger partial charge in [0.15, 0.2) is 5.75 Å². The van der Waals surface area contributed by atoms with E-state index in [4.69, 9.17) is 10.5 Å². The van der Waals surface area contributed by atoms with Gasteiger partial charge in [-0.2, -0.15) is 0 Å². The molecule has 0 aliphatic heterocycles. The molecular formula is C15H15BrN2O2. The van der Waals surface area contributed by atoms with Crippen LogP contribution in [0, 0.1) is 6.92 Å². The molecule has 0 saturated carbocycles. The summed E-state index contributed by atoms with van der Waals surface area (Å²) in [5.74, 6) is 0.126. The molecule has 2 aromatic rings. The van der Waals surface area contributed by atoms with E-state index in [1.165, 1.54) is 7.11 Å². The molecule has 0 bridgehead atoms. The van der Waals surface area contributed by atoms with Gasteiger partial charge < -0.3 is 15.8 Å². The van der Waals surface area contributed by atoms with Crippen LogP contribution in [0.15, 0.2) is 40.9 Å². The lowest BCUT2D eigenvalue weighted by Gasteiger charge is -2.11. The summed E-state index contributed by atoms with van der Waals surface area (Å²) in [6.07, 6.45) is 0. The monoisotopic (exact) mass is 334 g/mol. The molecule has 1 amide bonds. The van der Waals surface area contributed by atoms with Gasteiger partial charge in [0.05, 0.1) is 18.4 Å². The number of ether oxygens (including phenoxy) is 1. The van der Waals surface area contributed by atoms with Crippen molar-refractivity contribution in [2.75, 3.05) is 18.2 Å². The molecule has 0 radical (unpaired) electrons. The maximum absolute atomic E-state index is 12.3. The zero-order chi connectivity index (χ0) is 14.7. The van der Waals surface area contributed by atoms with Crippen LogP contribution in [0.4, 0.5) is 11.4 Å². The number of benzene rings is 2. The second-order valence-corrected chi connectivity index (χ2v) is 5.20. The van der Waals surface area contributed by atoms with Crippen LogP contribution < -0.4 is 15.8 Å². The molecule has 0 aliphatic rings. The van der Waals surface area contributed by atoms with Gasteiger partial charge in [0, 0.05) is 10.2 Å². The second-order valence-electron chi connectivity index (χ2n) is 4.35. The Morgan fingerprint density at radius 1 is 1.30 bits per heavy atom. The summed E-state index contributed by atoms with van der Waals surface area (Å²) in [6.45, 7) is 1.98. The standard InChI is InChI=1S/C15H15BrN2O2/c1-9-6-7-10(8-12(9)16)18-15(19)11-4-3-5-13(17)14(11)20-2/h3-8H,17H2,1-2H3,(H,18,19). The van der Waals surface area contributed by atoms with Crippen molar-refractivity contribution in [2.24, 2.45) is 0 Å². The highest BCUT2D eigenvalue weighted by molar-refractivity contribution is 9.10. The predicted octanol–water partition coefficient (Wildman–Crippen LogP) is 3.60. The maximum atomic E-state index is 12.3. The van der Waals surface area contributed by atoms with Gasteiger partial charge >= 0.3 is 0 Å². The Morgan fingerprint density at radius 2 is 2.05 bits per heavy atom. The molecule has 20 heavy (non-hydrogen) atoms. The van der Waals surface area contributed by atoms with Crippen LogP contribution in [0.1, 0.15) is 15.9 Å². The van der Waals surface area contributed by atoms with Crippen molar-refractivity contribution in [1.82, 2.24) is 0 Å². The number of anilines is 2. The summed E-state index contributed by atoms with van der Waals surface area (Å²) < 4.78 is 6.12. The minimum absolute atomic E-state index is 0.259. The fraction of sp³-hybridized carbons (Fsp3) is 0.133. The first-order valence-corrected chi connectivity index (χ1v) is 6.82. The number of carbonyl (C=O) groups excluding carboxylic acids is 1. The SMILES string of the molecule is COc1c(N)cccc1C(=O)Nc1ccc(C)c(Br)c1. The number of carbonyl (C=O) groups is 1. The topological polar surface area (TPSA) is 64.3 Å². The van der Waals surface area contributed by atoms with Gasteiger partial charge in [-0.25, -0.2) is 0 Å². The minimum atomic E-state index is -0.259. The zero-order valence-corrected chi connectivity index (χ0v) is 12.8. The number of nitrogens with one attached hydrogen (secondary N) is 1. The number of aryl methyl sites for hydroxylation is 1. The quantitative estimate of drug-likeness (QED) is 0.843. The molecule has 0 atom stereocenters. The van der Waals surface area contributed by atoms with Gasteiger partial charge in [0.2, 0.25) is 0 Å². The summed E-state index contributed by atoms with van der Waals surface area (Å²) in [5.41, 5.74) is 8.44. The lowest BCUT2D eigenvalue weighted by Crippen LogP contribution is -2.14. The van der Waals surface area contributed by atoms with E-state index >= 15 is 0 Å².